The molecule has 1 N–H and O–H groups in total. The molecule has 0 radical (unpaired) electrons. The first-order valence-electron chi connectivity index (χ1n) is 11.1. The van der Waals surface area contributed by atoms with Crippen LogP contribution < -0.4 is 5.32 Å². The third-order valence-corrected chi connectivity index (χ3v) is 7.29. The summed E-state index contributed by atoms with van der Waals surface area (Å²) in [6.07, 6.45) is 4.21. The summed E-state index contributed by atoms with van der Waals surface area (Å²) in [7, 11) is 0. The first-order chi connectivity index (χ1) is 15.3. The van der Waals surface area contributed by atoms with Crippen LogP contribution in [-0.4, -0.2) is 54.7 Å². The van der Waals surface area contributed by atoms with E-state index in [1.165, 1.54) is 29.5 Å². The van der Waals surface area contributed by atoms with Gasteiger partial charge < -0.3 is 5.32 Å². The van der Waals surface area contributed by atoms with Gasteiger partial charge in [0.25, 0.3) is 5.78 Å². The molecule has 1 saturated heterocycles. The number of aromatic nitrogens is 5. The lowest BCUT2D eigenvalue weighted by Gasteiger charge is -2.34. The maximum absolute atomic E-state index is 12.6. The zero-order valence-electron chi connectivity index (χ0n) is 19.4. The number of carbonyl (C=O) groups excluding carboxylic acids is 1. The number of piperidine rings is 1. The Morgan fingerprint density at radius 1 is 1.22 bits per heavy atom. The lowest BCUT2D eigenvalue weighted by atomic mass is 9.92. The number of thioether (sulfide) groups is 1. The normalized spacial score (nSPS) is 19.5. The number of likely N-dealkylation sites (tertiary alicyclic amines) is 1. The maximum atomic E-state index is 12.6. The molecule has 0 saturated carbocycles. The van der Waals surface area contributed by atoms with Gasteiger partial charge in [0.15, 0.2) is 5.13 Å². The first kappa shape index (κ1) is 23.1. The van der Waals surface area contributed by atoms with Crippen LogP contribution in [0.5, 0.6) is 0 Å². The lowest BCUT2D eigenvalue weighted by molar-refractivity contribution is -0.116. The third-order valence-electron chi connectivity index (χ3n) is 5.94. The van der Waals surface area contributed by atoms with Gasteiger partial charge in [0.1, 0.15) is 0 Å². The molecule has 2 atom stereocenters. The van der Waals surface area contributed by atoms with Crippen molar-refractivity contribution in [3.8, 4) is 0 Å². The molecule has 1 fully saturated rings. The minimum atomic E-state index is -0.0339. The fourth-order valence-corrected chi connectivity index (χ4v) is 5.70. The van der Waals surface area contributed by atoms with Gasteiger partial charge in [-0.25, -0.2) is 14.5 Å². The number of amides is 1. The number of anilines is 1. The molecule has 4 heterocycles. The molecule has 172 valence electrons. The van der Waals surface area contributed by atoms with Crippen molar-refractivity contribution in [1.29, 1.82) is 0 Å². The highest BCUT2D eigenvalue weighted by Gasteiger charge is 2.22. The van der Waals surface area contributed by atoms with E-state index in [2.05, 4.69) is 49.5 Å². The van der Waals surface area contributed by atoms with Gasteiger partial charge in [0.2, 0.25) is 11.1 Å². The Bertz CT molecular complexity index is 1100. The Morgan fingerprint density at radius 2 is 1.97 bits per heavy atom. The molecule has 3 aromatic rings. The monoisotopic (exact) mass is 473 g/mol. The second kappa shape index (κ2) is 9.84. The fraction of sp³-hybridized carbons (Fsp3) is 0.591. The molecular formula is C22H31N7OS2. The fourth-order valence-electron chi connectivity index (χ4n) is 4.65. The van der Waals surface area contributed by atoms with Crippen LogP contribution >= 0.6 is 23.1 Å². The molecule has 1 amide bonds. The van der Waals surface area contributed by atoms with Crippen LogP contribution in [0, 0.1) is 25.7 Å². The largest absolute Gasteiger partial charge is 0.302 e. The van der Waals surface area contributed by atoms with E-state index in [-0.39, 0.29) is 5.91 Å². The molecule has 0 aliphatic carbocycles. The average molecular weight is 474 g/mol. The van der Waals surface area contributed by atoms with Crippen LogP contribution in [-0.2, 0) is 17.8 Å². The van der Waals surface area contributed by atoms with Crippen molar-refractivity contribution in [1.82, 2.24) is 29.5 Å². The van der Waals surface area contributed by atoms with Gasteiger partial charge in [-0.3, -0.25) is 9.69 Å². The molecule has 8 nitrogen and oxygen atoms in total. The predicted octanol–water partition coefficient (Wildman–Crippen LogP) is 3.97. The van der Waals surface area contributed by atoms with Crippen LogP contribution in [0.4, 0.5) is 5.13 Å². The van der Waals surface area contributed by atoms with Crippen molar-refractivity contribution in [2.75, 3.05) is 24.7 Å². The van der Waals surface area contributed by atoms with Crippen LogP contribution in [0.3, 0.4) is 0 Å². The lowest BCUT2D eigenvalue weighted by Crippen LogP contribution is -2.38. The number of nitrogens with zero attached hydrogens (tertiary/aromatic N) is 6. The van der Waals surface area contributed by atoms with E-state index in [0.29, 0.717) is 28.9 Å². The van der Waals surface area contributed by atoms with Gasteiger partial charge in [-0.2, -0.15) is 4.98 Å². The van der Waals surface area contributed by atoms with Gasteiger partial charge in [-0.05, 0) is 50.3 Å². The minimum absolute atomic E-state index is 0.0339. The average Bonchev–Trinajstić information content (AvgIpc) is 3.33. The Labute approximate surface area is 197 Å². The highest BCUT2D eigenvalue weighted by molar-refractivity contribution is 7.98. The zero-order valence-corrected chi connectivity index (χ0v) is 21.0. The van der Waals surface area contributed by atoms with Crippen molar-refractivity contribution in [2.24, 2.45) is 11.8 Å². The number of fused-ring (bicyclic) bond motifs is 1. The van der Waals surface area contributed by atoms with E-state index in [0.717, 1.165) is 54.1 Å². The second-order valence-corrected chi connectivity index (χ2v) is 10.5. The molecule has 1 aliphatic heterocycles. The summed E-state index contributed by atoms with van der Waals surface area (Å²) in [4.78, 5) is 28.7. The molecule has 1 aliphatic rings. The van der Waals surface area contributed by atoms with Crippen molar-refractivity contribution in [3.63, 3.8) is 0 Å². The summed E-state index contributed by atoms with van der Waals surface area (Å²) in [6.45, 7) is 11.7. The number of hydrogen-bond acceptors (Lipinski definition) is 8. The summed E-state index contributed by atoms with van der Waals surface area (Å²) < 4.78 is 1.77. The summed E-state index contributed by atoms with van der Waals surface area (Å²) in [5, 5.41) is 10.9. The highest BCUT2D eigenvalue weighted by atomic mass is 32.2. The van der Waals surface area contributed by atoms with Crippen molar-refractivity contribution in [3.05, 3.63) is 28.0 Å². The number of rotatable bonds is 7. The second-order valence-electron chi connectivity index (χ2n) is 8.90. The third kappa shape index (κ3) is 5.29. The molecule has 2 unspecified atom stereocenters. The minimum Gasteiger partial charge on any atom is -0.302 e. The first-order valence-corrected chi connectivity index (χ1v) is 13.2. The summed E-state index contributed by atoms with van der Waals surface area (Å²) in [5.41, 5.74) is 3.95. The number of aryl methyl sites for hydroxylation is 2. The Morgan fingerprint density at radius 3 is 2.69 bits per heavy atom. The number of thiazole rings is 1. The van der Waals surface area contributed by atoms with Crippen LogP contribution in [0.1, 0.15) is 49.3 Å². The van der Waals surface area contributed by atoms with Crippen molar-refractivity contribution < 1.29 is 4.79 Å². The smallest absolute Gasteiger partial charge is 0.253 e. The Hall–Kier alpha value is -2.04. The van der Waals surface area contributed by atoms with Gasteiger partial charge in [0.05, 0.1) is 5.69 Å². The summed E-state index contributed by atoms with van der Waals surface area (Å²) >= 11 is 2.99. The van der Waals surface area contributed by atoms with Crippen molar-refractivity contribution >= 4 is 39.9 Å². The van der Waals surface area contributed by atoms with Gasteiger partial charge in [-0.15, -0.1) is 16.4 Å². The molecule has 0 spiro atoms. The molecule has 0 bridgehead atoms. The molecule has 10 heteroatoms. The van der Waals surface area contributed by atoms with Gasteiger partial charge in [-0.1, -0.05) is 25.6 Å². The predicted molar refractivity (Wildman–Crippen MR) is 129 cm³/mol. The molecule has 4 rings (SSSR count). The quantitative estimate of drug-likeness (QED) is 0.520. The van der Waals surface area contributed by atoms with Gasteiger partial charge >= 0.3 is 0 Å². The van der Waals surface area contributed by atoms with Gasteiger partial charge in [0, 0.05) is 42.8 Å². The van der Waals surface area contributed by atoms with E-state index in [4.69, 9.17) is 0 Å². The topological polar surface area (TPSA) is 88.3 Å². The van der Waals surface area contributed by atoms with E-state index in [1.807, 2.05) is 20.1 Å². The number of hydrogen-bond donors (Lipinski definition) is 1. The van der Waals surface area contributed by atoms with Crippen LogP contribution in [0.2, 0.25) is 0 Å². The zero-order chi connectivity index (χ0) is 22.8. The SMILES string of the molecule is CSc1nc2nc(C)c(CCC(=O)Nc3nc(CN4CC(C)CC(C)C4)cs3)c(C)n2n1. The number of carbonyl (C=O) groups is 1. The van der Waals surface area contributed by atoms with E-state index in [1.54, 1.807) is 4.52 Å². The molecule has 3 aromatic heterocycles. The van der Waals surface area contributed by atoms with Crippen LogP contribution in [0.15, 0.2) is 10.5 Å². The molecule has 32 heavy (non-hydrogen) atoms. The Kier molecular flexibility index (Phi) is 7.11. The molecular weight excluding hydrogens is 442 g/mol. The van der Waals surface area contributed by atoms with Crippen LogP contribution in [0.25, 0.3) is 5.78 Å². The van der Waals surface area contributed by atoms with E-state index >= 15 is 0 Å². The molecule has 0 aromatic carbocycles. The van der Waals surface area contributed by atoms with E-state index in [9.17, 15) is 4.79 Å². The number of nitrogens with one attached hydrogen (secondary N) is 1. The standard InChI is InChI=1S/C22H31N7OS2/c1-13-8-14(2)10-28(9-13)11-17-12-32-21(24-17)25-19(30)7-6-18-15(3)23-20-26-22(31-5)27-29(20)16(18)4/h12-14H,6-11H2,1-5H3,(H,24,25,30). The summed E-state index contributed by atoms with van der Waals surface area (Å²) in [5.74, 6) is 2.02. The van der Waals surface area contributed by atoms with Crippen molar-refractivity contribution in [2.45, 2.75) is 58.7 Å². The Balaban J connectivity index is 1.35. The summed E-state index contributed by atoms with van der Waals surface area (Å²) in [6, 6.07) is 0. The highest BCUT2D eigenvalue weighted by Crippen LogP contribution is 2.24. The van der Waals surface area contributed by atoms with E-state index < -0.39 is 0 Å². The maximum Gasteiger partial charge on any atom is 0.253 e.